The van der Waals surface area contributed by atoms with Gasteiger partial charge in [0.2, 0.25) is 5.95 Å². The lowest BCUT2D eigenvalue weighted by Gasteiger charge is -2.39. The third kappa shape index (κ3) is 4.30. The smallest absolute Gasteiger partial charge is 0.272 e. The van der Waals surface area contributed by atoms with Gasteiger partial charge < -0.3 is 15.2 Å². The second-order valence-corrected chi connectivity index (χ2v) is 10.4. The largest absolute Gasteiger partial charge is 0.389 e. The lowest BCUT2D eigenvalue weighted by atomic mass is 9.86. The molecule has 36 heavy (non-hydrogen) atoms. The van der Waals surface area contributed by atoms with Gasteiger partial charge in [-0.2, -0.15) is 5.10 Å². The molecule has 3 unspecified atom stereocenters. The monoisotopic (exact) mass is 542 g/mol. The van der Waals surface area contributed by atoms with E-state index >= 15 is 4.39 Å². The van der Waals surface area contributed by atoms with Crippen molar-refractivity contribution in [3.63, 3.8) is 0 Å². The molecule has 0 spiro atoms. The number of hydrogen-bond acceptors (Lipinski definition) is 7. The third-order valence-electron chi connectivity index (χ3n) is 7.23. The zero-order valence-corrected chi connectivity index (χ0v) is 20.4. The predicted octanol–water partition coefficient (Wildman–Crippen LogP) is 4.34. The van der Waals surface area contributed by atoms with Gasteiger partial charge in [-0.15, -0.1) is 0 Å². The number of fused-ring (bicyclic) bond motifs is 1. The Bertz CT molecular complexity index is 1310. The van der Waals surface area contributed by atoms with Gasteiger partial charge in [0.1, 0.15) is 12.2 Å². The maximum absolute atomic E-state index is 15.3. The highest BCUT2D eigenvalue weighted by molar-refractivity contribution is 6.32. The molecular formula is C23H23Cl2F3N6O2. The number of aliphatic hydroxyl groups is 1. The zero-order chi connectivity index (χ0) is 25.2. The normalized spacial score (nSPS) is 30.1. The minimum atomic E-state index is -2.81. The van der Waals surface area contributed by atoms with Crippen LogP contribution in [-0.2, 0) is 4.74 Å². The highest BCUT2D eigenvalue weighted by atomic mass is 35.5. The summed E-state index contributed by atoms with van der Waals surface area (Å²) in [5.41, 5.74) is 1.52. The van der Waals surface area contributed by atoms with E-state index < -0.39 is 30.2 Å². The summed E-state index contributed by atoms with van der Waals surface area (Å²) in [6.45, 7) is 1.47. The van der Waals surface area contributed by atoms with Gasteiger partial charge in [0.05, 0.1) is 42.8 Å². The molecule has 0 bridgehead atoms. The van der Waals surface area contributed by atoms with Crippen LogP contribution in [0.4, 0.5) is 24.8 Å². The number of ether oxygens (including phenoxy) is 1. The lowest BCUT2D eigenvalue weighted by molar-refractivity contribution is 0.0353. The minimum absolute atomic E-state index is 0.0440. The first-order chi connectivity index (χ1) is 17.2. The molecule has 3 fully saturated rings. The number of aromatic nitrogens is 4. The van der Waals surface area contributed by atoms with Crippen LogP contribution in [0.25, 0.3) is 10.9 Å². The average molecular weight is 543 g/mol. The number of likely N-dealkylation sites (tertiary alicyclic amines) is 1. The van der Waals surface area contributed by atoms with E-state index in [0.717, 1.165) is 4.68 Å². The fourth-order valence-electron chi connectivity index (χ4n) is 5.11. The Kier molecular flexibility index (Phi) is 6.03. The molecule has 5 atom stereocenters. The van der Waals surface area contributed by atoms with Gasteiger partial charge >= 0.3 is 0 Å². The van der Waals surface area contributed by atoms with Gasteiger partial charge in [0, 0.05) is 35.5 Å². The molecule has 1 aliphatic carbocycles. The van der Waals surface area contributed by atoms with Crippen LogP contribution >= 0.6 is 23.2 Å². The fourth-order valence-corrected chi connectivity index (χ4v) is 5.67. The first-order valence-corrected chi connectivity index (χ1v) is 12.4. The summed E-state index contributed by atoms with van der Waals surface area (Å²) < 4.78 is 48.6. The zero-order valence-electron chi connectivity index (χ0n) is 18.9. The number of aliphatic hydroxyl groups excluding tert-OH is 1. The molecule has 0 amide bonds. The second kappa shape index (κ2) is 8.98. The van der Waals surface area contributed by atoms with Crippen molar-refractivity contribution in [2.45, 2.75) is 49.0 Å². The summed E-state index contributed by atoms with van der Waals surface area (Å²) in [6.07, 6.45) is 1.38. The topological polar surface area (TPSA) is 88.3 Å². The highest BCUT2D eigenvalue weighted by Gasteiger charge is 2.59. The first kappa shape index (κ1) is 24.2. The predicted molar refractivity (Wildman–Crippen MR) is 128 cm³/mol. The van der Waals surface area contributed by atoms with E-state index in [2.05, 4.69) is 20.4 Å². The van der Waals surface area contributed by atoms with E-state index in [4.69, 9.17) is 27.9 Å². The standard InChI is InChI=1S/C23H23Cl2F3N6O2/c24-14-3-11-6-29-22(32-17-7-30-34(21(17)25)20-5-23(20,27)28)31-16(11)4-13(14)12-1-2-33(8-15(12)26)18-9-36-10-19(18)35/h3-4,6-7,12,15,18-20,35H,1-2,5,8-10H2,(H,29,31,32)/t12?,15?,18-,19+,20?/m1/s1. The third-order valence-corrected chi connectivity index (χ3v) is 7.93. The van der Waals surface area contributed by atoms with Gasteiger partial charge in [-0.25, -0.2) is 27.8 Å². The maximum Gasteiger partial charge on any atom is 0.272 e. The number of benzene rings is 1. The maximum atomic E-state index is 15.3. The van der Waals surface area contributed by atoms with Gasteiger partial charge in [-0.1, -0.05) is 23.2 Å². The molecule has 13 heteroatoms. The average Bonchev–Trinajstić information content (AvgIpc) is 3.12. The summed E-state index contributed by atoms with van der Waals surface area (Å²) in [6, 6.07) is 2.23. The van der Waals surface area contributed by atoms with Crippen LogP contribution in [0.5, 0.6) is 0 Å². The molecule has 1 aromatic carbocycles. The van der Waals surface area contributed by atoms with Crippen LogP contribution in [-0.4, -0.2) is 80.3 Å². The molecule has 3 aliphatic rings. The van der Waals surface area contributed by atoms with Crippen molar-refractivity contribution in [2.24, 2.45) is 0 Å². The van der Waals surface area contributed by atoms with Crippen LogP contribution in [0.2, 0.25) is 10.2 Å². The number of alkyl halides is 3. The summed E-state index contributed by atoms with van der Waals surface area (Å²) >= 11 is 12.8. The van der Waals surface area contributed by atoms with Crippen molar-refractivity contribution in [1.29, 1.82) is 0 Å². The Morgan fingerprint density at radius 3 is 2.69 bits per heavy atom. The van der Waals surface area contributed by atoms with Crippen molar-refractivity contribution >= 4 is 45.7 Å². The number of nitrogens with zero attached hydrogens (tertiary/aromatic N) is 5. The lowest BCUT2D eigenvalue weighted by Crippen LogP contribution is -2.50. The van der Waals surface area contributed by atoms with Crippen LogP contribution in [0.1, 0.15) is 30.4 Å². The number of rotatable bonds is 5. The molecule has 2 saturated heterocycles. The van der Waals surface area contributed by atoms with Crippen molar-refractivity contribution in [2.75, 3.05) is 31.6 Å². The van der Waals surface area contributed by atoms with E-state index in [1.165, 1.54) is 6.20 Å². The van der Waals surface area contributed by atoms with Crippen LogP contribution in [0.15, 0.2) is 24.5 Å². The Morgan fingerprint density at radius 1 is 1.19 bits per heavy atom. The number of piperidine rings is 1. The Morgan fingerprint density at radius 2 is 2.00 bits per heavy atom. The van der Waals surface area contributed by atoms with E-state index in [0.29, 0.717) is 46.7 Å². The van der Waals surface area contributed by atoms with Crippen molar-refractivity contribution in [3.05, 3.63) is 40.3 Å². The summed E-state index contributed by atoms with van der Waals surface area (Å²) in [5.74, 6) is -3.03. The van der Waals surface area contributed by atoms with Gasteiger partial charge in [0.25, 0.3) is 5.92 Å². The molecular weight excluding hydrogens is 520 g/mol. The van der Waals surface area contributed by atoms with Crippen molar-refractivity contribution in [1.82, 2.24) is 24.6 Å². The molecule has 192 valence electrons. The van der Waals surface area contributed by atoms with E-state index in [9.17, 15) is 13.9 Å². The number of nitrogens with one attached hydrogen (secondary N) is 1. The molecule has 2 aliphatic heterocycles. The van der Waals surface area contributed by atoms with Crippen molar-refractivity contribution < 1.29 is 23.0 Å². The fraction of sp³-hybridized carbons (Fsp3) is 0.522. The van der Waals surface area contributed by atoms with E-state index in [1.807, 2.05) is 4.90 Å². The Labute approximate surface area is 214 Å². The quantitative estimate of drug-likeness (QED) is 0.495. The highest BCUT2D eigenvalue weighted by Crippen LogP contribution is 2.53. The molecule has 6 rings (SSSR count). The number of hydrogen-bond donors (Lipinski definition) is 2. The Hall–Kier alpha value is -2.18. The summed E-state index contributed by atoms with van der Waals surface area (Å²) in [7, 11) is 0. The molecule has 3 aromatic rings. The van der Waals surface area contributed by atoms with Gasteiger partial charge in [-0.05, 0) is 30.7 Å². The van der Waals surface area contributed by atoms with E-state index in [1.54, 1.807) is 18.3 Å². The number of anilines is 2. The molecule has 2 aromatic heterocycles. The van der Waals surface area contributed by atoms with E-state index in [-0.39, 0.29) is 36.7 Å². The Balaban J connectivity index is 1.22. The van der Waals surface area contributed by atoms with Crippen LogP contribution in [0, 0.1) is 0 Å². The second-order valence-electron chi connectivity index (χ2n) is 9.60. The van der Waals surface area contributed by atoms with Crippen LogP contribution < -0.4 is 5.32 Å². The molecule has 0 radical (unpaired) electrons. The molecule has 2 N–H and O–H groups in total. The minimum Gasteiger partial charge on any atom is -0.389 e. The van der Waals surface area contributed by atoms with Crippen LogP contribution in [0.3, 0.4) is 0 Å². The molecule has 4 heterocycles. The van der Waals surface area contributed by atoms with Gasteiger partial charge in [-0.3, -0.25) is 4.90 Å². The summed E-state index contributed by atoms with van der Waals surface area (Å²) in [5, 5.41) is 18.1. The first-order valence-electron chi connectivity index (χ1n) is 11.7. The SMILES string of the molecule is O[C@H]1COC[C@H]1N1CCC(c2cc3nc(Nc4cnn(C5CC5(F)F)c4Cl)ncc3cc2Cl)C(F)C1. The number of halogens is 5. The molecule has 8 nitrogen and oxygen atoms in total. The van der Waals surface area contributed by atoms with Gasteiger partial charge in [0.15, 0.2) is 5.15 Å². The summed E-state index contributed by atoms with van der Waals surface area (Å²) in [4.78, 5) is 10.7. The molecule has 1 saturated carbocycles. The van der Waals surface area contributed by atoms with Crippen molar-refractivity contribution in [3.8, 4) is 0 Å².